The van der Waals surface area contributed by atoms with Gasteiger partial charge in [0.15, 0.2) is 0 Å². The summed E-state index contributed by atoms with van der Waals surface area (Å²) in [4.78, 5) is 0. The Hall–Kier alpha value is -0.810. The van der Waals surface area contributed by atoms with Gasteiger partial charge in [0.05, 0.1) is 17.6 Å². The van der Waals surface area contributed by atoms with E-state index in [9.17, 15) is 10.4 Å². The van der Waals surface area contributed by atoms with E-state index in [1.807, 2.05) is 0 Å². The summed E-state index contributed by atoms with van der Waals surface area (Å²) in [6.45, 7) is 9.78. The molecule has 0 amide bonds. The number of hydrogen-bond acceptors (Lipinski definition) is 2. The van der Waals surface area contributed by atoms with Crippen molar-refractivity contribution in [3.63, 3.8) is 0 Å². The summed E-state index contributed by atoms with van der Waals surface area (Å²) in [5, 5.41) is 20.5. The Morgan fingerprint density at radius 3 is 2.62 bits per heavy atom. The quantitative estimate of drug-likeness (QED) is 0.616. The van der Waals surface area contributed by atoms with Crippen LogP contribution in [0.1, 0.15) is 91.9 Å². The minimum absolute atomic E-state index is 0.00432. The molecule has 0 saturated heterocycles. The Balaban J connectivity index is 1.74. The Morgan fingerprint density at radius 2 is 1.92 bits per heavy atom. The molecule has 4 rings (SSSR count). The predicted molar refractivity (Wildman–Crippen MR) is 105 cm³/mol. The maximum Gasteiger partial charge on any atom is 0.0700 e. The molecule has 4 aliphatic rings. The van der Waals surface area contributed by atoms with E-state index in [1.165, 1.54) is 32.1 Å². The standard InChI is InChI=1S/C24H37NO/c1-5-16(2)19-6-7-20-18-9-13-24(15-25)14-17(26)8-12-23(24,4)21(18)10-11-22(19,20)3/h16-17,19-20,26H,5-14H2,1-4H3/t16-,17-,19-,20?,22-,23-,24+/m1/s1. The number of fused-ring (bicyclic) bond motifs is 4. The first-order valence-electron chi connectivity index (χ1n) is 11.1. The topological polar surface area (TPSA) is 44.0 Å². The molecule has 26 heavy (non-hydrogen) atoms. The second-order valence-corrected chi connectivity index (χ2v) is 10.6. The van der Waals surface area contributed by atoms with Crippen LogP contribution >= 0.6 is 0 Å². The van der Waals surface area contributed by atoms with Gasteiger partial charge in [-0.05, 0) is 81.0 Å². The van der Waals surface area contributed by atoms with Crippen molar-refractivity contribution in [3.05, 3.63) is 11.1 Å². The summed E-state index contributed by atoms with van der Waals surface area (Å²) in [5.41, 5.74) is 3.57. The second-order valence-electron chi connectivity index (χ2n) is 10.6. The van der Waals surface area contributed by atoms with Crippen molar-refractivity contribution in [2.45, 2.75) is 98.0 Å². The maximum atomic E-state index is 10.3. The predicted octanol–water partition coefficient (Wildman–Crippen LogP) is 6.01. The highest BCUT2D eigenvalue weighted by atomic mass is 16.3. The second kappa shape index (κ2) is 6.10. The molecular weight excluding hydrogens is 318 g/mol. The van der Waals surface area contributed by atoms with Gasteiger partial charge < -0.3 is 5.11 Å². The molecule has 0 bridgehead atoms. The van der Waals surface area contributed by atoms with Crippen LogP contribution in [0.2, 0.25) is 0 Å². The highest BCUT2D eigenvalue weighted by molar-refractivity contribution is 5.39. The summed E-state index contributed by atoms with van der Waals surface area (Å²) in [5.74, 6) is 2.45. The third-order valence-corrected chi connectivity index (χ3v) is 9.78. The number of rotatable bonds is 2. The van der Waals surface area contributed by atoms with Gasteiger partial charge in [-0.3, -0.25) is 0 Å². The zero-order valence-corrected chi connectivity index (χ0v) is 17.3. The Kier molecular flexibility index (Phi) is 4.35. The highest BCUT2D eigenvalue weighted by Gasteiger charge is 2.60. The van der Waals surface area contributed by atoms with Crippen molar-refractivity contribution in [2.24, 2.45) is 34.0 Å². The first-order chi connectivity index (χ1) is 12.3. The minimum atomic E-state index is -0.327. The van der Waals surface area contributed by atoms with Crippen molar-refractivity contribution < 1.29 is 5.11 Å². The maximum absolute atomic E-state index is 10.3. The lowest BCUT2D eigenvalue weighted by molar-refractivity contribution is -0.0253. The largest absolute Gasteiger partial charge is 0.393 e. The van der Waals surface area contributed by atoms with Crippen LogP contribution in [0.5, 0.6) is 0 Å². The summed E-state index contributed by atoms with van der Waals surface area (Å²) in [7, 11) is 0. The average molecular weight is 356 g/mol. The van der Waals surface area contributed by atoms with Gasteiger partial charge in [0.1, 0.15) is 0 Å². The van der Waals surface area contributed by atoms with Gasteiger partial charge in [0.2, 0.25) is 0 Å². The van der Waals surface area contributed by atoms with Crippen LogP contribution in [-0.2, 0) is 0 Å². The first-order valence-corrected chi connectivity index (χ1v) is 11.1. The van der Waals surface area contributed by atoms with E-state index in [0.29, 0.717) is 11.8 Å². The zero-order valence-electron chi connectivity index (χ0n) is 17.3. The molecule has 2 heteroatoms. The lowest BCUT2D eigenvalue weighted by Gasteiger charge is -2.58. The number of allylic oxidation sites excluding steroid dienone is 2. The van der Waals surface area contributed by atoms with Crippen LogP contribution < -0.4 is 0 Å². The Bertz CT molecular complexity index is 660. The summed E-state index contributed by atoms with van der Waals surface area (Å²) in [6, 6.07) is 2.73. The zero-order chi connectivity index (χ0) is 18.7. The fourth-order valence-corrected chi connectivity index (χ4v) is 7.95. The average Bonchev–Trinajstić information content (AvgIpc) is 2.99. The minimum Gasteiger partial charge on any atom is -0.393 e. The Morgan fingerprint density at radius 1 is 1.15 bits per heavy atom. The van der Waals surface area contributed by atoms with Crippen molar-refractivity contribution in [1.29, 1.82) is 5.26 Å². The monoisotopic (exact) mass is 355 g/mol. The molecule has 2 nitrogen and oxygen atoms in total. The van der Waals surface area contributed by atoms with Gasteiger partial charge in [-0.25, -0.2) is 0 Å². The number of hydrogen-bond donors (Lipinski definition) is 1. The van der Waals surface area contributed by atoms with E-state index < -0.39 is 0 Å². The van der Waals surface area contributed by atoms with E-state index in [-0.39, 0.29) is 16.9 Å². The third kappa shape index (κ3) is 2.25. The van der Waals surface area contributed by atoms with Gasteiger partial charge in [0, 0.05) is 5.41 Å². The molecule has 0 spiro atoms. The molecular formula is C24H37NO. The molecule has 0 aliphatic heterocycles. The molecule has 0 radical (unpaired) electrons. The lowest BCUT2D eigenvalue weighted by atomic mass is 9.45. The van der Waals surface area contributed by atoms with E-state index in [4.69, 9.17) is 0 Å². The molecule has 1 N–H and O–H groups in total. The third-order valence-electron chi connectivity index (χ3n) is 9.78. The fourth-order valence-electron chi connectivity index (χ4n) is 7.95. The molecule has 0 aromatic heterocycles. The van der Waals surface area contributed by atoms with Crippen molar-refractivity contribution in [2.75, 3.05) is 0 Å². The molecule has 2 fully saturated rings. The van der Waals surface area contributed by atoms with Crippen LogP contribution in [0, 0.1) is 45.3 Å². The van der Waals surface area contributed by atoms with E-state index in [2.05, 4.69) is 33.8 Å². The van der Waals surface area contributed by atoms with Crippen LogP contribution in [0.25, 0.3) is 0 Å². The fraction of sp³-hybridized carbons (Fsp3) is 0.875. The van der Waals surface area contributed by atoms with Gasteiger partial charge in [-0.15, -0.1) is 0 Å². The number of aliphatic hydroxyl groups excluding tert-OH is 1. The van der Waals surface area contributed by atoms with Gasteiger partial charge in [0.25, 0.3) is 0 Å². The first kappa shape index (κ1) is 18.5. The summed E-state index contributed by atoms with van der Waals surface area (Å²) in [6.07, 6.45) is 10.9. The summed E-state index contributed by atoms with van der Waals surface area (Å²) >= 11 is 0. The van der Waals surface area contributed by atoms with Gasteiger partial charge >= 0.3 is 0 Å². The molecule has 0 aromatic carbocycles. The van der Waals surface area contributed by atoms with E-state index in [0.717, 1.165) is 43.4 Å². The van der Waals surface area contributed by atoms with E-state index in [1.54, 1.807) is 11.1 Å². The molecule has 2 saturated carbocycles. The normalized spacial score (nSPS) is 49.0. The smallest absolute Gasteiger partial charge is 0.0700 e. The molecule has 7 atom stereocenters. The van der Waals surface area contributed by atoms with E-state index >= 15 is 0 Å². The molecule has 0 aromatic rings. The molecule has 4 aliphatic carbocycles. The van der Waals surface area contributed by atoms with Crippen LogP contribution in [-0.4, -0.2) is 11.2 Å². The van der Waals surface area contributed by atoms with Crippen LogP contribution in [0.15, 0.2) is 11.1 Å². The SMILES string of the molecule is CC[C@@H](C)[C@H]1CCC2C3=C(CC[C@@]21C)[C@@]1(C)CC[C@@H](O)C[C@]1(C#N)CC3. The van der Waals surface area contributed by atoms with Gasteiger partial charge in [-0.1, -0.05) is 45.3 Å². The molecule has 144 valence electrons. The summed E-state index contributed by atoms with van der Waals surface area (Å²) < 4.78 is 0. The van der Waals surface area contributed by atoms with Crippen molar-refractivity contribution in [1.82, 2.24) is 0 Å². The van der Waals surface area contributed by atoms with Crippen LogP contribution in [0.3, 0.4) is 0 Å². The number of nitriles is 1. The Labute approximate surface area is 160 Å². The lowest BCUT2D eigenvalue weighted by Crippen LogP contribution is -2.51. The van der Waals surface area contributed by atoms with Gasteiger partial charge in [-0.2, -0.15) is 5.26 Å². The highest BCUT2D eigenvalue weighted by Crippen LogP contribution is 2.68. The number of aliphatic hydroxyl groups is 1. The molecule has 1 unspecified atom stereocenters. The van der Waals surface area contributed by atoms with Crippen molar-refractivity contribution in [3.8, 4) is 6.07 Å². The van der Waals surface area contributed by atoms with Crippen LogP contribution in [0.4, 0.5) is 0 Å². The van der Waals surface area contributed by atoms with Crippen molar-refractivity contribution >= 4 is 0 Å². The molecule has 0 heterocycles. The number of nitrogens with zero attached hydrogens (tertiary/aromatic N) is 1.